The molecule has 1 unspecified atom stereocenters. The van der Waals surface area contributed by atoms with Crippen LogP contribution in [0.5, 0.6) is 0 Å². The van der Waals surface area contributed by atoms with Crippen LogP contribution in [-0.2, 0) is 10.0 Å². The third-order valence-electron chi connectivity index (χ3n) is 5.96. The molecule has 0 saturated carbocycles. The molecule has 0 aliphatic carbocycles. The number of imidazole rings is 1. The highest BCUT2D eigenvalue weighted by Crippen LogP contribution is 2.30. The van der Waals surface area contributed by atoms with E-state index in [1.165, 1.54) is 4.31 Å². The number of sulfonamides is 1. The van der Waals surface area contributed by atoms with Crippen molar-refractivity contribution in [2.45, 2.75) is 38.3 Å². The van der Waals surface area contributed by atoms with Gasteiger partial charge in [-0.15, -0.1) is 0 Å². The Morgan fingerprint density at radius 2 is 1.68 bits per heavy atom. The summed E-state index contributed by atoms with van der Waals surface area (Å²) >= 11 is 0. The van der Waals surface area contributed by atoms with E-state index in [4.69, 9.17) is 0 Å². The summed E-state index contributed by atoms with van der Waals surface area (Å²) in [5.41, 5.74) is 2.66. The lowest BCUT2D eigenvalue weighted by molar-refractivity contribution is 0.0616. The molecule has 6 nitrogen and oxygen atoms in total. The summed E-state index contributed by atoms with van der Waals surface area (Å²) < 4.78 is 56.3. The fourth-order valence-corrected chi connectivity index (χ4v) is 5.91. The lowest BCUT2D eigenvalue weighted by Gasteiger charge is -2.37. The zero-order valence-electron chi connectivity index (χ0n) is 17.8. The molecule has 1 fully saturated rings. The smallest absolute Gasteiger partial charge is 0.291 e. The Morgan fingerprint density at radius 3 is 2.32 bits per heavy atom. The van der Waals surface area contributed by atoms with E-state index < -0.39 is 16.6 Å². The van der Waals surface area contributed by atoms with Crippen LogP contribution in [0.4, 0.5) is 8.78 Å². The molecule has 1 aromatic heterocycles. The average Bonchev–Trinajstić information content (AvgIpc) is 3.13. The summed E-state index contributed by atoms with van der Waals surface area (Å²) in [7, 11) is -3.60. The molecular formula is C22H26F2N4O2S. The summed E-state index contributed by atoms with van der Waals surface area (Å²) in [6.07, 6.45) is 0. The van der Waals surface area contributed by atoms with Crippen LogP contribution >= 0.6 is 0 Å². The van der Waals surface area contributed by atoms with Gasteiger partial charge in [0.25, 0.3) is 0 Å². The molecule has 9 heteroatoms. The van der Waals surface area contributed by atoms with Gasteiger partial charge in [0, 0.05) is 26.2 Å². The first kappa shape index (κ1) is 21.9. The molecule has 2 aromatic carbocycles. The highest BCUT2D eigenvalue weighted by Gasteiger charge is 2.33. The van der Waals surface area contributed by atoms with Gasteiger partial charge in [0.05, 0.1) is 22.0 Å². The highest BCUT2D eigenvalue weighted by molar-refractivity contribution is 7.89. The number of piperazine rings is 1. The number of rotatable bonds is 5. The molecule has 166 valence electrons. The molecule has 0 spiro atoms. The fraction of sp³-hybridized carbons (Fsp3) is 0.409. The minimum atomic E-state index is -3.60. The molecule has 1 atom stereocenters. The van der Waals surface area contributed by atoms with Crippen molar-refractivity contribution >= 4 is 21.1 Å². The lowest BCUT2D eigenvalue weighted by atomic mass is 10.2. The van der Waals surface area contributed by atoms with Crippen LogP contribution in [0.2, 0.25) is 0 Å². The van der Waals surface area contributed by atoms with Gasteiger partial charge in [-0.1, -0.05) is 29.8 Å². The lowest BCUT2D eigenvalue weighted by Crippen LogP contribution is -2.49. The van der Waals surface area contributed by atoms with Gasteiger partial charge in [0.2, 0.25) is 10.0 Å². The van der Waals surface area contributed by atoms with Crippen molar-refractivity contribution in [2.24, 2.45) is 0 Å². The second-order valence-corrected chi connectivity index (χ2v) is 9.90. The number of nitrogens with zero attached hydrogens (tertiary/aromatic N) is 4. The number of hydrogen-bond acceptors (Lipinski definition) is 4. The number of hydrogen-bond donors (Lipinski definition) is 0. The van der Waals surface area contributed by atoms with Gasteiger partial charge in [-0.3, -0.25) is 9.47 Å². The SMILES string of the molecule is Cc1ccc(S(=O)(=O)N2CCN(C(C)c3nc4ccccc4n3C(F)F)CC2)c(C)c1. The van der Waals surface area contributed by atoms with Crippen molar-refractivity contribution in [2.75, 3.05) is 26.2 Å². The van der Waals surface area contributed by atoms with E-state index >= 15 is 0 Å². The largest absolute Gasteiger partial charge is 0.320 e. The number of aryl methyl sites for hydroxylation is 2. The van der Waals surface area contributed by atoms with Crippen LogP contribution in [0.3, 0.4) is 0 Å². The minimum absolute atomic E-state index is 0.293. The van der Waals surface area contributed by atoms with Crippen LogP contribution in [0.1, 0.15) is 36.5 Å². The van der Waals surface area contributed by atoms with Gasteiger partial charge < -0.3 is 0 Å². The van der Waals surface area contributed by atoms with Crippen molar-refractivity contribution in [1.29, 1.82) is 0 Å². The van der Waals surface area contributed by atoms with Crippen LogP contribution in [0, 0.1) is 13.8 Å². The van der Waals surface area contributed by atoms with Crippen LogP contribution in [-0.4, -0.2) is 53.4 Å². The average molecular weight is 449 g/mol. The summed E-state index contributed by atoms with van der Waals surface area (Å²) in [6, 6.07) is 11.8. The van der Waals surface area contributed by atoms with E-state index in [2.05, 4.69) is 4.98 Å². The third kappa shape index (κ3) is 3.97. The quantitative estimate of drug-likeness (QED) is 0.589. The molecule has 0 bridgehead atoms. The Kier molecular flexibility index (Phi) is 5.85. The first-order valence-corrected chi connectivity index (χ1v) is 11.7. The highest BCUT2D eigenvalue weighted by atomic mass is 32.2. The number of para-hydroxylation sites is 2. The number of fused-ring (bicyclic) bond motifs is 1. The minimum Gasteiger partial charge on any atom is -0.291 e. The molecule has 4 rings (SSSR count). The maximum absolute atomic E-state index is 13.8. The monoisotopic (exact) mass is 448 g/mol. The molecule has 0 amide bonds. The second kappa shape index (κ2) is 8.29. The molecule has 0 radical (unpaired) electrons. The molecule has 31 heavy (non-hydrogen) atoms. The van der Waals surface area contributed by atoms with Gasteiger partial charge in [-0.05, 0) is 44.5 Å². The van der Waals surface area contributed by atoms with Gasteiger partial charge in [0.15, 0.2) is 0 Å². The van der Waals surface area contributed by atoms with Crippen molar-refractivity contribution in [3.05, 3.63) is 59.4 Å². The number of aromatic nitrogens is 2. The number of halogens is 2. The van der Waals surface area contributed by atoms with Crippen molar-refractivity contribution in [3.63, 3.8) is 0 Å². The number of alkyl halides is 2. The van der Waals surface area contributed by atoms with Crippen molar-refractivity contribution < 1.29 is 17.2 Å². The summed E-state index contributed by atoms with van der Waals surface area (Å²) in [5.74, 6) is 0.293. The van der Waals surface area contributed by atoms with E-state index in [0.717, 1.165) is 15.7 Å². The molecule has 3 aromatic rings. The molecule has 0 N–H and O–H groups in total. The van der Waals surface area contributed by atoms with Crippen LogP contribution in [0.25, 0.3) is 11.0 Å². The maximum atomic E-state index is 13.8. The zero-order valence-corrected chi connectivity index (χ0v) is 18.6. The molecule has 1 saturated heterocycles. The van der Waals surface area contributed by atoms with Gasteiger partial charge in [-0.2, -0.15) is 13.1 Å². The Labute approximate surface area is 181 Å². The molecule has 1 aliphatic heterocycles. The van der Waals surface area contributed by atoms with Crippen molar-refractivity contribution in [1.82, 2.24) is 18.8 Å². The number of benzene rings is 2. The summed E-state index contributed by atoms with van der Waals surface area (Å²) in [6.45, 7) is 4.35. The van der Waals surface area contributed by atoms with E-state index in [0.29, 0.717) is 47.9 Å². The Balaban J connectivity index is 1.54. The maximum Gasteiger partial charge on any atom is 0.320 e. The Morgan fingerprint density at radius 1 is 1.00 bits per heavy atom. The molecule has 2 heterocycles. The van der Waals surface area contributed by atoms with E-state index in [-0.39, 0.29) is 6.04 Å². The predicted octanol–water partition coefficient (Wildman–Crippen LogP) is 4.12. The van der Waals surface area contributed by atoms with Gasteiger partial charge in [-0.25, -0.2) is 13.4 Å². The first-order chi connectivity index (χ1) is 14.7. The van der Waals surface area contributed by atoms with Crippen LogP contribution in [0.15, 0.2) is 47.4 Å². The topological polar surface area (TPSA) is 58.4 Å². The summed E-state index contributed by atoms with van der Waals surface area (Å²) in [4.78, 5) is 6.78. The molecular weight excluding hydrogens is 422 g/mol. The van der Waals surface area contributed by atoms with E-state index in [1.807, 2.05) is 24.8 Å². The second-order valence-electron chi connectivity index (χ2n) is 7.99. The van der Waals surface area contributed by atoms with Gasteiger partial charge in [0.1, 0.15) is 5.82 Å². The van der Waals surface area contributed by atoms with Crippen molar-refractivity contribution in [3.8, 4) is 0 Å². The predicted molar refractivity (Wildman–Crippen MR) is 116 cm³/mol. The van der Waals surface area contributed by atoms with E-state index in [1.54, 1.807) is 43.3 Å². The zero-order chi connectivity index (χ0) is 22.3. The molecule has 1 aliphatic rings. The van der Waals surface area contributed by atoms with Gasteiger partial charge >= 0.3 is 6.55 Å². The summed E-state index contributed by atoms with van der Waals surface area (Å²) in [5, 5.41) is 0. The standard InChI is InChI=1S/C22H26F2N4O2S/c1-15-8-9-20(16(2)14-15)31(29,30)27-12-10-26(11-13-27)17(3)21-25-18-6-4-5-7-19(18)28(21)22(23)24/h4-9,14,17,22H,10-13H2,1-3H3. The van der Waals surface area contributed by atoms with Crippen LogP contribution < -0.4 is 0 Å². The third-order valence-corrected chi connectivity index (χ3v) is 8.02. The fourth-order valence-electron chi connectivity index (χ4n) is 4.29. The van der Waals surface area contributed by atoms with E-state index in [9.17, 15) is 17.2 Å². The first-order valence-electron chi connectivity index (χ1n) is 10.3. The Bertz CT molecular complexity index is 1200. The Hall–Kier alpha value is -2.36. The normalized spacial score (nSPS) is 17.5.